The van der Waals surface area contributed by atoms with Crippen LogP contribution < -0.4 is 5.73 Å². The minimum atomic E-state index is 0.0651. The molecule has 0 amide bonds. The summed E-state index contributed by atoms with van der Waals surface area (Å²) < 4.78 is 4.90. The maximum atomic E-state index is 5.38. The van der Waals surface area contributed by atoms with Gasteiger partial charge in [-0.3, -0.25) is 0 Å². The molecule has 0 aliphatic carbocycles. The molecular weight excluding hydrogens is 154 g/mol. The molecule has 0 aliphatic heterocycles. The molecule has 5 heteroatoms. The summed E-state index contributed by atoms with van der Waals surface area (Å²) in [7, 11) is 0. The Labute approximate surface area is 63.4 Å². The smallest absolute Gasteiger partial charge is 0.312 e. The molecule has 10 heavy (non-hydrogen) atoms. The van der Waals surface area contributed by atoms with Crippen molar-refractivity contribution in [2.24, 2.45) is 5.73 Å². The van der Waals surface area contributed by atoms with E-state index in [0.29, 0.717) is 12.4 Å². The van der Waals surface area contributed by atoms with Crippen LogP contribution in [0.4, 0.5) is 0 Å². The van der Waals surface area contributed by atoms with Crippen molar-refractivity contribution >= 4 is 11.6 Å². The first-order valence-electron chi connectivity index (χ1n) is 2.93. The highest BCUT2D eigenvalue weighted by atomic mass is 35.5. The number of nitrogens with two attached hydrogens (primary N) is 1. The Balaban J connectivity index is 2.74. The highest BCUT2D eigenvalue weighted by molar-refractivity contribution is 6.27. The first-order chi connectivity index (χ1) is 4.74. The lowest BCUT2D eigenvalue weighted by atomic mass is 10.2. The number of nitrogens with zero attached hydrogens (tertiary/aromatic N) is 2. The van der Waals surface area contributed by atoms with Crippen LogP contribution in [0.1, 0.15) is 18.7 Å². The minimum Gasteiger partial charge on any atom is -0.412 e. The third-order valence-electron chi connectivity index (χ3n) is 1.19. The van der Waals surface area contributed by atoms with Gasteiger partial charge in [0.25, 0.3) is 0 Å². The molecule has 0 aliphatic rings. The van der Waals surface area contributed by atoms with Gasteiger partial charge in [-0.2, -0.15) is 0 Å². The molecule has 1 aromatic heterocycles. The van der Waals surface area contributed by atoms with Gasteiger partial charge in [-0.25, -0.2) is 0 Å². The minimum absolute atomic E-state index is 0.0651. The Morgan fingerprint density at radius 2 is 2.40 bits per heavy atom. The van der Waals surface area contributed by atoms with Crippen LogP contribution in [0, 0.1) is 0 Å². The predicted octanol–water partition coefficient (Wildman–Crippen LogP) is 0.785. The summed E-state index contributed by atoms with van der Waals surface area (Å²) in [6, 6.07) is 0. The van der Waals surface area contributed by atoms with Crippen LogP contribution in [-0.2, 0) is 0 Å². The molecule has 0 bridgehead atoms. The van der Waals surface area contributed by atoms with Gasteiger partial charge in [-0.1, -0.05) is 12.0 Å². The van der Waals surface area contributed by atoms with E-state index in [-0.39, 0.29) is 11.3 Å². The second-order valence-electron chi connectivity index (χ2n) is 2.03. The van der Waals surface area contributed by atoms with Gasteiger partial charge in [0.15, 0.2) is 0 Å². The van der Waals surface area contributed by atoms with E-state index in [9.17, 15) is 0 Å². The second-order valence-corrected chi connectivity index (χ2v) is 2.35. The summed E-state index contributed by atoms with van der Waals surface area (Å²) in [5.41, 5.74) is 5.34. The topological polar surface area (TPSA) is 64.9 Å². The zero-order valence-electron chi connectivity index (χ0n) is 5.54. The lowest BCUT2D eigenvalue weighted by molar-refractivity contribution is 0.462. The molecule has 56 valence electrons. The molecule has 0 saturated carbocycles. The SMILES string of the molecule is CC(CN)c1nnc(Cl)o1. The molecular formula is C5H8ClN3O. The predicted molar refractivity (Wildman–Crippen MR) is 36.8 cm³/mol. The molecule has 4 nitrogen and oxygen atoms in total. The van der Waals surface area contributed by atoms with E-state index in [4.69, 9.17) is 21.8 Å². The van der Waals surface area contributed by atoms with E-state index in [1.54, 1.807) is 0 Å². The van der Waals surface area contributed by atoms with E-state index < -0.39 is 0 Å². The van der Waals surface area contributed by atoms with E-state index >= 15 is 0 Å². The average Bonchev–Trinajstić information content (AvgIpc) is 2.34. The fraction of sp³-hybridized carbons (Fsp3) is 0.600. The first-order valence-corrected chi connectivity index (χ1v) is 3.30. The molecule has 2 N–H and O–H groups in total. The van der Waals surface area contributed by atoms with Gasteiger partial charge in [0.1, 0.15) is 0 Å². The number of rotatable bonds is 2. The van der Waals surface area contributed by atoms with E-state index in [1.807, 2.05) is 6.92 Å². The molecule has 0 aromatic carbocycles. The van der Waals surface area contributed by atoms with Crippen molar-refractivity contribution in [3.8, 4) is 0 Å². The maximum absolute atomic E-state index is 5.38. The first kappa shape index (κ1) is 7.50. The number of hydrogen-bond donors (Lipinski definition) is 1. The summed E-state index contributed by atoms with van der Waals surface area (Å²) in [6.45, 7) is 2.38. The van der Waals surface area contributed by atoms with Crippen molar-refractivity contribution in [1.29, 1.82) is 0 Å². The van der Waals surface area contributed by atoms with Crippen LogP contribution in [0.15, 0.2) is 4.42 Å². The Morgan fingerprint density at radius 3 is 2.80 bits per heavy atom. The zero-order valence-corrected chi connectivity index (χ0v) is 6.30. The third-order valence-corrected chi connectivity index (χ3v) is 1.34. The number of aromatic nitrogens is 2. The van der Waals surface area contributed by atoms with Gasteiger partial charge in [0.05, 0.1) is 0 Å². The molecule has 0 spiro atoms. The lowest BCUT2D eigenvalue weighted by Crippen LogP contribution is -2.08. The van der Waals surface area contributed by atoms with Crippen molar-refractivity contribution < 1.29 is 4.42 Å². The van der Waals surface area contributed by atoms with Crippen molar-refractivity contribution in [1.82, 2.24) is 10.2 Å². The highest BCUT2D eigenvalue weighted by Gasteiger charge is 2.10. The van der Waals surface area contributed by atoms with Crippen LogP contribution in [-0.4, -0.2) is 16.7 Å². The van der Waals surface area contributed by atoms with E-state index in [1.165, 1.54) is 0 Å². The molecule has 0 radical (unpaired) electrons. The number of hydrogen-bond acceptors (Lipinski definition) is 4. The number of halogens is 1. The zero-order chi connectivity index (χ0) is 7.56. The van der Waals surface area contributed by atoms with Gasteiger partial charge >= 0.3 is 5.35 Å². The van der Waals surface area contributed by atoms with Gasteiger partial charge in [-0.15, -0.1) is 5.10 Å². The summed E-state index contributed by atoms with van der Waals surface area (Å²) in [5, 5.41) is 7.20. The Bertz CT molecular complexity index is 212. The lowest BCUT2D eigenvalue weighted by Gasteiger charge is -1.98. The van der Waals surface area contributed by atoms with Crippen LogP contribution in [0.2, 0.25) is 5.35 Å². The van der Waals surface area contributed by atoms with Gasteiger partial charge in [0, 0.05) is 12.5 Å². The summed E-state index contributed by atoms with van der Waals surface area (Å²) in [6.07, 6.45) is 0. The normalized spacial score (nSPS) is 13.5. The van der Waals surface area contributed by atoms with Crippen molar-refractivity contribution in [3.63, 3.8) is 0 Å². The monoisotopic (exact) mass is 161 g/mol. The van der Waals surface area contributed by atoms with Crippen LogP contribution in [0.5, 0.6) is 0 Å². The molecule has 1 atom stereocenters. The molecule has 1 rings (SSSR count). The van der Waals surface area contributed by atoms with E-state index in [0.717, 1.165) is 0 Å². The van der Waals surface area contributed by atoms with Gasteiger partial charge in [-0.05, 0) is 11.6 Å². The third kappa shape index (κ3) is 1.46. The fourth-order valence-electron chi connectivity index (χ4n) is 0.516. The summed E-state index contributed by atoms with van der Waals surface area (Å²) in [4.78, 5) is 0. The van der Waals surface area contributed by atoms with Crippen molar-refractivity contribution in [2.45, 2.75) is 12.8 Å². The van der Waals surface area contributed by atoms with Gasteiger partial charge in [0.2, 0.25) is 5.89 Å². The second kappa shape index (κ2) is 2.98. The van der Waals surface area contributed by atoms with Gasteiger partial charge < -0.3 is 10.2 Å². The molecule has 0 fully saturated rings. The van der Waals surface area contributed by atoms with Crippen molar-refractivity contribution in [2.75, 3.05) is 6.54 Å². The van der Waals surface area contributed by atoms with E-state index in [2.05, 4.69) is 10.2 Å². The Hall–Kier alpha value is -0.610. The quantitative estimate of drug-likeness (QED) is 0.697. The average molecular weight is 162 g/mol. The Kier molecular flexibility index (Phi) is 2.24. The highest BCUT2D eigenvalue weighted by Crippen LogP contribution is 2.13. The van der Waals surface area contributed by atoms with Crippen LogP contribution >= 0.6 is 11.6 Å². The van der Waals surface area contributed by atoms with Crippen LogP contribution in [0.3, 0.4) is 0 Å². The largest absolute Gasteiger partial charge is 0.412 e. The van der Waals surface area contributed by atoms with Crippen LogP contribution in [0.25, 0.3) is 0 Å². The Morgan fingerprint density at radius 1 is 1.70 bits per heavy atom. The summed E-state index contributed by atoms with van der Waals surface area (Å²) >= 11 is 5.38. The maximum Gasteiger partial charge on any atom is 0.312 e. The fourth-order valence-corrected chi connectivity index (χ4v) is 0.633. The standard InChI is InChI=1S/C5H8ClN3O/c1-3(2-7)4-8-9-5(6)10-4/h3H,2,7H2,1H3. The summed E-state index contributed by atoms with van der Waals surface area (Å²) in [5.74, 6) is 0.576. The molecule has 1 unspecified atom stereocenters. The van der Waals surface area contributed by atoms with Crippen molar-refractivity contribution in [3.05, 3.63) is 11.2 Å². The molecule has 1 aromatic rings. The molecule has 1 heterocycles. The molecule has 0 saturated heterocycles.